The second-order valence-corrected chi connectivity index (χ2v) is 8.07. The lowest BCUT2D eigenvalue weighted by atomic mass is 9.99. The third-order valence-corrected chi connectivity index (χ3v) is 7.03. The van der Waals surface area contributed by atoms with E-state index in [0.717, 1.165) is 5.75 Å². The largest absolute Gasteiger partial charge is 0.497 e. The lowest BCUT2D eigenvalue weighted by molar-refractivity contribution is 0.415. The van der Waals surface area contributed by atoms with Crippen molar-refractivity contribution in [1.29, 1.82) is 0 Å². The number of fused-ring (bicyclic) bond motifs is 7. The van der Waals surface area contributed by atoms with E-state index in [1.165, 1.54) is 41.7 Å². The van der Waals surface area contributed by atoms with Gasteiger partial charge in [0.05, 0.1) is 7.11 Å². The van der Waals surface area contributed by atoms with Gasteiger partial charge in [0.15, 0.2) is 9.40 Å². The number of thiophene rings is 1. The molecule has 1 heterocycles. The standard InChI is InChI=1S/C22H17OS/c1-23-16-10-12-17-15(13-16)8-7-14-9-11-19-18-5-3-4-6-20(18)24(2)22(19)21(14)17/h3-13H,1-2H3/q+1. The third kappa shape index (κ3) is 1.75. The minimum Gasteiger partial charge on any atom is -0.497 e. The Morgan fingerprint density at radius 2 is 1.50 bits per heavy atom. The second-order valence-electron chi connectivity index (χ2n) is 6.20. The molecule has 0 spiro atoms. The fourth-order valence-corrected chi connectivity index (χ4v) is 5.88. The van der Waals surface area contributed by atoms with Crippen LogP contribution >= 0.6 is 10.5 Å². The molecule has 0 fully saturated rings. The molecule has 1 nitrogen and oxygen atoms in total. The number of hydrogen-bond acceptors (Lipinski definition) is 1. The minimum atomic E-state index is 0.108. The molecule has 5 aromatic rings. The highest BCUT2D eigenvalue weighted by Crippen LogP contribution is 2.46. The maximum atomic E-state index is 5.40. The van der Waals surface area contributed by atoms with Crippen LogP contribution in [-0.4, -0.2) is 7.11 Å². The molecule has 116 valence electrons. The number of methoxy groups -OCH3 is 1. The van der Waals surface area contributed by atoms with E-state index in [1.807, 2.05) is 0 Å². The van der Waals surface area contributed by atoms with Crippen LogP contribution in [-0.2, 0) is 6.26 Å². The van der Waals surface area contributed by atoms with E-state index in [2.05, 4.69) is 73.0 Å². The van der Waals surface area contributed by atoms with Gasteiger partial charge in [-0.2, -0.15) is 0 Å². The van der Waals surface area contributed by atoms with Gasteiger partial charge in [0.2, 0.25) is 0 Å². The Kier molecular flexibility index (Phi) is 2.85. The molecule has 0 bridgehead atoms. The molecule has 0 aliphatic carbocycles. The smallest absolute Gasteiger partial charge is 0.189 e. The van der Waals surface area contributed by atoms with Gasteiger partial charge in [0.25, 0.3) is 0 Å². The lowest BCUT2D eigenvalue weighted by Crippen LogP contribution is -1.83. The van der Waals surface area contributed by atoms with Crippen molar-refractivity contribution in [2.45, 2.75) is 0 Å². The Morgan fingerprint density at radius 1 is 0.750 bits per heavy atom. The topological polar surface area (TPSA) is 9.23 Å². The van der Waals surface area contributed by atoms with Crippen molar-refractivity contribution in [3.8, 4) is 5.75 Å². The summed E-state index contributed by atoms with van der Waals surface area (Å²) in [6.45, 7) is 0. The van der Waals surface area contributed by atoms with Crippen molar-refractivity contribution in [1.82, 2.24) is 0 Å². The van der Waals surface area contributed by atoms with Crippen LogP contribution in [0.2, 0.25) is 0 Å². The fraction of sp³-hybridized carbons (Fsp3) is 0.0909. The summed E-state index contributed by atoms with van der Waals surface area (Å²) in [7, 11) is 1.83. The van der Waals surface area contributed by atoms with Crippen LogP contribution in [0.25, 0.3) is 41.7 Å². The zero-order valence-corrected chi connectivity index (χ0v) is 14.5. The van der Waals surface area contributed by atoms with E-state index in [9.17, 15) is 0 Å². The third-order valence-electron chi connectivity index (χ3n) is 4.97. The average Bonchev–Trinajstić information content (AvgIpc) is 2.94. The predicted molar refractivity (Wildman–Crippen MR) is 106 cm³/mol. The van der Waals surface area contributed by atoms with E-state index in [4.69, 9.17) is 4.74 Å². The van der Waals surface area contributed by atoms with Gasteiger partial charge >= 0.3 is 0 Å². The molecule has 1 atom stereocenters. The van der Waals surface area contributed by atoms with Gasteiger partial charge in [-0.15, -0.1) is 0 Å². The highest BCUT2D eigenvalue weighted by atomic mass is 32.2. The molecular weight excluding hydrogens is 312 g/mol. The number of benzene rings is 4. The van der Waals surface area contributed by atoms with Crippen LogP contribution in [0.1, 0.15) is 0 Å². The first kappa shape index (κ1) is 13.8. The molecule has 2 heteroatoms. The Bertz CT molecular complexity index is 1250. The van der Waals surface area contributed by atoms with Gasteiger partial charge in [-0.05, 0) is 63.0 Å². The van der Waals surface area contributed by atoms with Crippen molar-refractivity contribution >= 4 is 52.2 Å². The summed E-state index contributed by atoms with van der Waals surface area (Å²) in [5.41, 5.74) is 0. The monoisotopic (exact) mass is 329 g/mol. The Morgan fingerprint density at radius 3 is 2.38 bits per heavy atom. The van der Waals surface area contributed by atoms with Gasteiger partial charge in [-0.25, -0.2) is 0 Å². The fourth-order valence-electron chi connectivity index (χ4n) is 3.82. The van der Waals surface area contributed by atoms with Crippen molar-refractivity contribution in [3.05, 3.63) is 66.7 Å². The molecule has 0 saturated carbocycles. The molecule has 0 radical (unpaired) electrons. The predicted octanol–water partition coefficient (Wildman–Crippen LogP) is 6.59. The number of hydrogen-bond donors (Lipinski definition) is 0. The average molecular weight is 329 g/mol. The molecular formula is C22H17OS+. The van der Waals surface area contributed by atoms with Gasteiger partial charge in [0, 0.05) is 16.2 Å². The highest BCUT2D eigenvalue weighted by molar-refractivity contribution is 7.42. The van der Waals surface area contributed by atoms with Crippen LogP contribution in [0.15, 0.2) is 66.7 Å². The molecule has 4 aromatic carbocycles. The van der Waals surface area contributed by atoms with Crippen molar-refractivity contribution < 1.29 is 4.74 Å². The van der Waals surface area contributed by atoms with E-state index < -0.39 is 0 Å². The SMILES string of the molecule is COc1ccc2c(ccc3ccc4c5ccccc5[s+](C)c4c32)c1. The first-order valence-electron chi connectivity index (χ1n) is 8.07. The summed E-state index contributed by atoms with van der Waals surface area (Å²) in [6, 6.07) is 24.2. The molecule has 0 saturated heterocycles. The molecule has 1 aromatic heterocycles. The maximum Gasteiger partial charge on any atom is 0.189 e. The molecule has 24 heavy (non-hydrogen) atoms. The van der Waals surface area contributed by atoms with E-state index in [-0.39, 0.29) is 10.5 Å². The summed E-state index contributed by atoms with van der Waals surface area (Å²) in [5.74, 6) is 0.910. The van der Waals surface area contributed by atoms with Crippen molar-refractivity contribution in [2.75, 3.05) is 7.11 Å². The van der Waals surface area contributed by atoms with E-state index in [1.54, 1.807) is 7.11 Å². The molecule has 0 N–H and O–H groups in total. The van der Waals surface area contributed by atoms with Crippen LogP contribution in [0.4, 0.5) is 0 Å². The van der Waals surface area contributed by atoms with Crippen LogP contribution in [0, 0.1) is 0 Å². The summed E-state index contributed by atoms with van der Waals surface area (Å²) in [6.07, 6.45) is 2.35. The van der Waals surface area contributed by atoms with Gasteiger partial charge < -0.3 is 4.74 Å². The molecule has 0 aliphatic heterocycles. The zero-order valence-electron chi connectivity index (χ0n) is 13.7. The van der Waals surface area contributed by atoms with Crippen LogP contribution < -0.4 is 4.74 Å². The Labute approximate surface area is 143 Å². The number of rotatable bonds is 1. The van der Waals surface area contributed by atoms with Gasteiger partial charge in [0.1, 0.15) is 12.0 Å². The van der Waals surface area contributed by atoms with Crippen LogP contribution in [0.5, 0.6) is 5.75 Å². The van der Waals surface area contributed by atoms with Crippen molar-refractivity contribution in [3.63, 3.8) is 0 Å². The number of aryl methyl sites for hydroxylation is 1. The van der Waals surface area contributed by atoms with E-state index in [0.29, 0.717) is 0 Å². The highest BCUT2D eigenvalue weighted by Gasteiger charge is 2.21. The Balaban J connectivity index is 2.08. The Hall–Kier alpha value is -2.58. The second kappa shape index (κ2) is 4.96. The van der Waals surface area contributed by atoms with E-state index >= 15 is 0 Å². The van der Waals surface area contributed by atoms with Gasteiger partial charge in [-0.3, -0.25) is 0 Å². The van der Waals surface area contributed by atoms with Crippen LogP contribution in [0.3, 0.4) is 0 Å². The summed E-state index contributed by atoms with van der Waals surface area (Å²) in [5, 5.41) is 8.06. The molecule has 5 rings (SSSR count). The molecule has 0 amide bonds. The maximum absolute atomic E-state index is 5.40. The summed E-state index contributed by atoms with van der Waals surface area (Å²) >= 11 is 0. The normalized spacial score (nSPS) is 12.5. The summed E-state index contributed by atoms with van der Waals surface area (Å²) < 4.78 is 8.35. The first-order valence-corrected chi connectivity index (χ1v) is 9.70. The van der Waals surface area contributed by atoms with Gasteiger partial charge in [-0.1, -0.05) is 30.3 Å². The van der Waals surface area contributed by atoms with Crippen molar-refractivity contribution in [2.24, 2.45) is 6.26 Å². The zero-order chi connectivity index (χ0) is 16.3. The number of ether oxygens (including phenoxy) is 1. The molecule has 0 aliphatic rings. The molecule has 1 unspecified atom stereocenters. The lowest BCUT2D eigenvalue weighted by Gasteiger charge is -2.06. The minimum absolute atomic E-state index is 0.108. The first-order chi connectivity index (χ1) is 11.8. The quantitative estimate of drug-likeness (QED) is 0.249. The summed E-state index contributed by atoms with van der Waals surface area (Å²) in [4.78, 5) is 0.